The third-order valence-electron chi connectivity index (χ3n) is 6.69. The number of nitrogens with zero attached hydrogens (tertiary/aromatic N) is 2. The number of morpholine rings is 1. The predicted octanol–water partition coefficient (Wildman–Crippen LogP) is 4.01. The number of ether oxygens (including phenoxy) is 4. The fraction of sp³-hybridized carbons (Fsp3) is 0.552. The van der Waals surface area contributed by atoms with Gasteiger partial charge in [0.05, 0.1) is 59.0 Å². The average Bonchev–Trinajstić information content (AvgIpc) is 2.89. The Hall–Kier alpha value is -2.82. The van der Waals surface area contributed by atoms with Gasteiger partial charge in [0.2, 0.25) is 0 Å². The normalized spacial score (nSPS) is 15.3. The lowest BCUT2D eigenvalue weighted by Gasteiger charge is -2.33. The first-order valence-corrected chi connectivity index (χ1v) is 17.2. The molecule has 1 fully saturated rings. The molecule has 2 aromatic carbocycles. The summed E-state index contributed by atoms with van der Waals surface area (Å²) in [5.74, 6) is 0.475. The van der Waals surface area contributed by atoms with Crippen LogP contribution in [0.1, 0.15) is 43.6 Å². The molecule has 3 N–H and O–H groups in total. The number of aliphatic hydroxyl groups is 1. The van der Waals surface area contributed by atoms with Crippen molar-refractivity contribution < 1.29 is 28.4 Å². The molecule has 0 spiro atoms. The van der Waals surface area contributed by atoms with Gasteiger partial charge >= 0.3 is 0 Å². The van der Waals surface area contributed by atoms with Gasteiger partial charge in [0, 0.05) is 19.6 Å². The number of hydrogen-bond donors (Lipinski definition) is 2. The van der Waals surface area contributed by atoms with E-state index in [0.29, 0.717) is 38.3 Å². The van der Waals surface area contributed by atoms with E-state index in [1.165, 1.54) is 5.19 Å². The van der Waals surface area contributed by atoms with Gasteiger partial charge in [0.1, 0.15) is 11.6 Å². The largest absolute Gasteiger partial charge is 0.495 e. The van der Waals surface area contributed by atoms with Gasteiger partial charge in [-0.1, -0.05) is 25.7 Å². The standard InChI is InChI=1S/C29H44FN3O5Si/c1-8-37-23-18-21(19(3)34)25(26(30)28(23)38-9-2)29(31)32-11-10-20-16-22(33-12-14-36-15-13-33)27(35-4)24(17-20)39(5,6)7/h16-19,34H,8-15H2,1-7H3,(H2,31,32). The molecule has 0 amide bonds. The number of amidine groups is 1. The zero-order valence-corrected chi connectivity index (χ0v) is 25.4. The van der Waals surface area contributed by atoms with E-state index in [-0.39, 0.29) is 29.5 Å². The molecule has 8 nitrogen and oxygen atoms in total. The van der Waals surface area contributed by atoms with Gasteiger partial charge in [-0.05, 0) is 55.6 Å². The van der Waals surface area contributed by atoms with E-state index in [4.69, 9.17) is 24.7 Å². The molecule has 1 unspecified atom stereocenters. The Labute approximate surface area is 232 Å². The number of benzene rings is 2. The molecule has 1 saturated heterocycles. The van der Waals surface area contributed by atoms with Gasteiger partial charge in [-0.25, -0.2) is 4.39 Å². The molecule has 39 heavy (non-hydrogen) atoms. The van der Waals surface area contributed by atoms with Gasteiger partial charge in [-0.15, -0.1) is 0 Å². The summed E-state index contributed by atoms with van der Waals surface area (Å²) in [4.78, 5) is 6.85. The topological polar surface area (TPSA) is 98.8 Å². The molecule has 0 bridgehead atoms. The number of anilines is 1. The van der Waals surface area contributed by atoms with Crippen LogP contribution in [0.2, 0.25) is 19.6 Å². The first kappa shape index (κ1) is 30.7. The van der Waals surface area contributed by atoms with Crippen LogP contribution in [0.4, 0.5) is 10.1 Å². The molecular weight excluding hydrogens is 517 g/mol. The third-order valence-corrected chi connectivity index (χ3v) is 8.68. The molecule has 1 aliphatic rings. The van der Waals surface area contributed by atoms with Crippen molar-refractivity contribution in [1.29, 1.82) is 0 Å². The SMILES string of the molecule is CCOc1cc(C(C)O)c(C(N)=NCCc2cc(N3CCOCC3)c(OC)c([Si](C)(C)C)c2)c(F)c1OCC. The Bertz CT molecular complexity index is 1160. The third kappa shape index (κ3) is 7.23. The molecule has 10 heteroatoms. The molecule has 3 rings (SSSR count). The second-order valence-electron chi connectivity index (χ2n) is 10.6. The summed E-state index contributed by atoms with van der Waals surface area (Å²) in [7, 11) is -0.00819. The Morgan fingerprint density at radius 2 is 1.79 bits per heavy atom. The Kier molecular flexibility index (Phi) is 10.6. The number of methoxy groups -OCH3 is 1. The number of rotatable bonds is 12. The second-order valence-corrected chi connectivity index (χ2v) is 15.6. The van der Waals surface area contributed by atoms with Gasteiger partial charge in [0.15, 0.2) is 17.3 Å². The fourth-order valence-corrected chi connectivity index (χ4v) is 6.30. The van der Waals surface area contributed by atoms with Gasteiger partial charge in [0.25, 0.3) is 0 Å². The molecule has 0 saturated carbocycles. The molecule has 1 atom stereocenters. The van der Waals surface area contributed by atoms with Gasteiger partial charge in [-0.2, -0.15) is 0 Å². The van der Waals surface area contributed by atoms with E-state index in [1.54, 1.807) is 33.9 Å². The smallest absolute Gasteiger partial charge is 0.197 e. The maximum Gasteiger partial charge on any atom is 0.197 e. The monoisotopic (exact) mass is 561 g/mol. The summed E-state index contributed by atoms with van der Waals surface area (Å²) in [5.41, 5.74) is 8.88. The first-order valence-electron chi connectivity index (χ1n) is 13.7. The average molecular weight is 562 g/mol. The highest BCUT2D eigenvalue weighted by Crippen LogP contribution is 2.37. The highest BCUT2D eigenvalue weighted by Gasteiger charge is 2.28. The number of aliphatic imine (C=N–C) groups is 1. The lowest BCUT2D eigenvalue weighted by atomic mass is 10.00. The molecule has 0 radical (unpaired) electrons. The maximum absolute atomic E-state index is 15.7. The first-order chi connectivity index (χ1) is 18.5. The summed E-state index contributed by atoms with van der Waals surface area (Å²) in [5, 5.41) is 11.7. The summed E-state index contributed by atoms with van der Waals surface area (Å²) >= 11 is 0. The zero-order chi connectivity index (χ0) is 28.7. The molecule has 2 aromatic rings. The van der Waals surface area contributed by atoms with Crippen molar-refractivity contribution in [3.8, 4) is 17.2 Å². The summed E-state index contributed by atoms with van der Waals surface area (Å²) < 4.78 is 38.3. The number of hydrogen-bond acceptors (Lipinski definition) is 7. The van der Waals surface area contributed by atoms with Gasteiger partial charge < -0.3 is 34.7 Å². The second kappa shape index (κ2) is 13.5. The van der Waals surface area contributed by atoms with Crippen LogP contribution in [-0.2, 0) is 11.2 Å². The summed E-state index contributed by atoms with van der Waals surface area (Å²) in [6.07, 6.45) is -0.365. The van der Waals surface area contributed by atoms with Crippen LogP contribution in [-0.4, -0.2) is 72.2 Å². The van der Waals surface area contributed by atoms with E-state index in [1.807, 2.05) is 0 Å². The van der Waals surface area contributed by atoms with Crippen LogP contribution in [0.25, 0.3) is 0 Å². The molecule has 1 heterocycles. The number of aliphatic hydroxyl groups excluding tert-OH is 1. The van der Waals surface area contributed by atoms with Crippen molar-refractivity contribution >= 4 is 24.8 Å². The van der Waals surface area contributed by atoms with Crippen molar-refractivity contribution in [3.05, 3.63) is 40.7 Å². The molecule has 1 aliphatic heterocycles. The zero-order valence-electron chi connectivity index (χ0n) is 24.4. The van der Waals surface area contributed by atoms with Crippen LogP contribution < -0.4 is 30.0 Å². The molecule has 0 aliphatic carbocycles. The highest BCUT2D eigenvalue weighted by atomic mass is 28.3. The van der Waals surface area contributed by atoms with Crippen LogP contribution in [0.5, 0.6) is 17.2 Å². The lowest BCUT2D eigenvalue weighted by molar-refractivity contribution is 0.122. The van der Waals surface area contributed by atoms with E-state index in [0.717, 1.165) is 30.1 Å². The van der Waals surface area contributed by atoms with Crippen LogP contribution >= 0.6 is 0 Å². The molecular formula is C29H44FN3O5Si. The van der Waals surface area contributed by atoms with Crippen molar-refractivity contribution in [2.75, 3.05) is 58.1 Å². The minimum Gasteiger partial charge on any atom is -0.495 e. The molecule has 0 aromatic heterocycles. The Balaban J connectivity index is 1.98. The number of nitrogens with two attached hydrogens (primary N) is 1. The predicted molar refractivity (Wildman–Crippen MR) is 158 cm³/mol. The van der Waals surface area contributed by atoms with Crippen LogP contribution in [0.15, 0.2) is 23.2 Å². The lowest BCUT2D eigenvalue weighted by Crippen LogP contribution is -2.42. The van der Waals surface area contributed by atoms with Crippen LogP contribution in [0.3, 0.4) is 0 Å². The number of halogens is 1. The molecule has 216 valence electrons. The van der Waals surface area contributed by atoms with E-state index < -0.39 is 20.0 Å². The minimum atomic E-state index is -1.74. The summed E-state index contributed by atoms with van der Waals surface area (Å²) in [6.45, 7) is 15.9. The quantitative estimate of drug-likeness (QED) is 0.230. The maximum atomic E-state index is 15.7. The van der Waals surface area contributed by atoms with Crippen molar-refractivity contribution in [2.45, 2.75) is 52.9 Å². The van der Waals surface area contributed by atoms with Crippen molar-refractivity contribution in [3.63, 3.8) is 0 Å². The minimum absolute atomic E-state index is 0.0136. The Morgan fingerprint density at radius 1 is 1.13 bits per heavy atom. The van der Waals surface area contributed by atoms with E-state index in [2.05, 4.69) is 41.7 Å². The van der Waals surface area contributed by atoms with E-state index in [9.17, 15) is 5.11 Å². The van der Waals surface area contributed by atoms with Gasteiger partial charge in [-0.3, -0.25) is 4.99 Å². The fourth-order valence-electron chi connectivity index (χ4n) is 4.77. The van der Waals surface area contributed by atoms with Crippen LogP contribution in [0, 0.1) is 5.82 Å². The van der Waals surface area contributed by atoms with Crippen molar-refractivity contribution in [2.24, 2.45) is 10.7 Å². The Morgan fingerprint density at radius 3 is 2.36 bits per heavy atom. The van der Waals surface area contributed by atoms with E-state index >= 15 is 4.39 Å². The van der Waals surface area contributed by atoms with Crippen molar-refractivity contribution in [1.82, 2.24) is 0 Å². The summed E-state index contributed by atoms with van der Waals surface area (Å²) in [6, 6.07) is 5.95. The highest BCUT2D eigenvalue weighted by molar-refractivity contribution is 6.89.